The number of Topliss-reactive ketones (excluding diaryl/α,β-unsaturated/α-hetero) is 1. The van der Waals surface area contributed by atoms with E-state index in [0.29, 0.717) is 28.8 Å². The zero-order chi connectivity index (χ0) is 22.4. The van der Waals surface area contributed by atoms with Gasteiger partial charge in [0, 0.05) is 16.8 Å². The van der Waals surface area contributed by atoms with E-state index < -0.39 is 17.5 Å². The quantitative estimate of drug-likeness (QED) is 0.403. The van der Waals surface area contributed by atoms with Crippen molar-refractivity contribution in [2.24, 2.45) is 0 Å². The fraction of sp³-hybridized carbons (Fsp3) is 0.250. The Morgan fingerprint density at radius 3 is 2.52 bits per heavy atom. The zero-order valence-electron chi connectivity index (χ0n) is 17.0. The van der Waals surface area contributed by atoms with E-state index in [9.17, 15) is 20.0 Å². The molecule has 0 fully saturated rings. The van der Waals surface area contributed by atoms with Crippen LogP contribution in [0.15, 0.2) is 42.5 Å². The van der Waals surface area contributed by atoms with Crippen LogP contribution < -0.4 is 0 Å². The van der Waals surface area contributed by atoms with Crippen LogP contribution in [0.5, 0.6) is 5.75 Å². The van der Waals surface area contributed by atoms with Gasteiger partial charge in [0.1, 0.15) is 17.3 Å². The molecule has 2 aromatic carbocycles. The van der Waals surface area contributed by atoms with E-state index in [2.05, 4.69) is 4.98 Å². The number of pyridine rings is 1. The molecule has 0 aliphatic heterocycles. The topological polar surface area (TPSA) is 100 Å². The molecule has 0 saturated heterocycles. The first-order chi connectivity index (χ1) is 15.0. The number of benzene rings is 2. The largest absolute Gasteiger partial charge is 0.504 e. The summed E-state index contributed by atoms with van der Waals surface area (Å²) in [6.45, 7) is 1.90. The van der Waals surface area contributed by atoms with Gasteiger partial charge in [-0.2, -0.15) is 5.26 Å². The number of nitrogens with zero attached hydrogens (tertiary/aromatic N) is 2. The summed E-state index contributed by atoms with van der Waals surface area (Å²) in [5, 5.41) is 21.3. The van der Waals surface area contributed by atoms with Gasteiger partial charge in [0.15, 0.2) is 11.5 Å². The number of hydrogen-bond acceptors (Lipinski definition) is 6. The minimum Gasteiger partial charge on any atom is -0.504 e. The van der Waals surface area contributed by atoms with Crippen LogP contribution in [0.2, 0.25) is 5.02 Å². The van der Waals surface area contributed by atoms with Gasteiger partial charge in [0.2, 0.25) is 0 Å². The van der Waals surface area contributed by atoms with Crippen molar-refractivity contribution in [2.75, 3.05) is 6.61 Å². The summed E-state index contributed by atoms with van der Waals surface area (Å²) in [5.74, 6) is -1.49. The fourth-order valence-corrected chi connectivity index (χ4v) is 3.61. The lowest BCUT2D eigenvalue weighted by Gasteiger charge is -2.12. The molecule has 0 saturated carbocycles. The minimum atomic E-state index is -0.523. The second-order valence-electron chi connectivity index (χ2n) is 6.93. The van der Waals surface area contributed by atoms with Crippen molar-refractivity contribution in [2.45, 2.75) is 32.6 Å². The number of aromatic hydroxyl groups is 1. The highest BCUT2D eigenvalue weighted by Crippen LogP contribution is 2.31. The predicted octanol–water partition coefficient (Wildman–Crippen LogP) is 4.78. The van der Waals surface area contributed by atoms with Crippen LogP contribution in [0, 0.1) is 11.3 Å². The Morgan fingerprint density at radius 2 is 1.81 bits per heavy atom. The molecule has 0 spiro atoms. The molecule has 3 aromatic rings. The van der Waals surface area contributed by atoms with Gasteiger partial charge in [0.25, 0.3) is 0 Å². The molecule has 7 heteroatoms. The van der Waals surface area contributed by atoms with E-state index in [4.69, 9.17) is 16.3 Å². The number of ketones is 1. The Balaban J connectivity index is 1.97. The number of fused-ring (bicyclic) bond motifs is 1. The molecule has 6 nitrogen and oxygen atoms in total. The molecule has 3 rings (SSSR count). The lowest BCUT2D eigenvalue weighted by atomic mass is 9.98. The summed E-state index contributed by atoms with van der Waals surface area (Å²) in [7, 11) is 0. The van der Waals surface area contributed by atoms with Crippen LogP contribution in [0.1, 0.15) is 46.9 Å². The monoisotopic (exact) mass is 436 g/mol. The van der Waals surface area contributed by atoms with Gasteiger partial charge in [0.05, 0.1) is 18.5 Å². The highest BCUT2D eigenvalue weighted by atomic mass is 35.5. The summed E-state index contributed by atoms with van der Waals surface area (Å²) in [5.41, 5.74) is 2.06. The molecule has 1 aromatic heterocycles. The molecular formula is C24H21ClN2O4. The van der Waals surface area contributed by atoms with E-state index in [1.54, 1.807) is 19.1 Å². The Bertz CT molecular complexity index is 1180. The number of aryl methyl sites for hydroxylation is 2. The van der Waals surface area contributed by atoms with Crippen LogP contribution in [0.3, 0.4) is 0 Å². The molecule has 0 atom stereocenters. The fourth-order valence-electron chi connectivity index (χ4n) is 3.38. The first kappa shape index (κ1) is 22.3. The number of halogens is 1. The van der Waals surface area contributed by atoms with Crippen molar-refractivity contribution >= 4 is 34.3 Å². The van der Waals surface area contributed by atoms with Crippen molar-refractivity contribution < 1.29 is 19.4 Å². The van der Waals surface area contributed by atoms with Gasteiger partial charge >= 0.3 is 5.97 Å². The first-order valence-corrected chi connectivity index (χ1v) is 10.3. The highest BCUT2D eigenvalue weighted by Gasteiger charge is 2.22. The highest BCUT2D eigenvalue weighted by molar-refractivity contribution is 6.31. The lowest BCUT2D eigenvalue weighted by molar-refractivity contribution is -0.143. The molecular weight excluding hydrogens is 416 g/mol. The van der Waals surface area contributed by atoms with Crippen LogP contribution >= 0.6 is 11.6 Å². The molecule has 1 heterocycles. The summed E-state index contributed by atoms with van der Waals surface area (Å²) >= 11 is 6.25. The van der Waals surface area contributed by atoms with E-state index >= 15 is 0 Å². The van der Waals surface area contributed by atoms with E-state index in [1.807, 2.05) is 36.4 Å². The molecule has 1 N–H and O–H groups in total. The number of ether oxygens (including phenoxy) is 1. The van der Waals surface area contributed by atoms with Crippen molar-refractivity contribution in [1.29, 1.82) is 5.26 Å². The van der Waals surface area contributed by atoms with Gasteiger partial charge in [-0.3, -0.25) is 9.59 Å². The molecule has 158 valence electrons. The molecule has 0 unspecified atom stereocenters. The third-order valence-electron chi connectivity index (χ3n) is 4.93. The summed E-state index contributed by atoms with van der Waals surface area (Å²) in [6.07, 6.45) is 0.939. The van der Waals surface area contributed by atoms with Gasteiger partial charge in [-0.25, -0.2) is 4.98 Å². The molecule has 0 aliphatic carbocycles. The van der Waals surface area contributed by atoms with E-state index in [0.717, 1.165) is 11.1 Å². The Labute approximate surface area is 185 Å². The number of hydrogen-bond donors (Lipinski definition) is 1. The van der Waals surface area contributed by atoms with Crippen molar-refractivity contribution in [3.8, 4) is 11.8 Å². The van der Waals surface area contributed by atoms with E-state index in [1.165, 1.54) is 0 Å². The number of para-hydroxylation sites is 1. The van der Waals surface area contributed by atoms with Crippen LogP contribution in [-0.2, 0) is 22.4 Å². The normalized spacial score (nSPS) is 10.6. The standard InChI is InChI=1S/C24H21ClN2O4/c1-2-31-21(29)13-12-20(28)23-24(30)18(14-26)17-8-5-7-16(22(17)27-23)11-10-15-6-3-4-9-19(15)25/h3-9,30H,2,10-13H2,1H3. The Morgan fingerprint density at radius 1 is 1.10 bits per heavy atom. The molecule has 0 bridgehead atoms. The average Bonchev–Trinajstić information content (AvgIpc) is 2.76. The second kappa shape index (κ2) is 10.1. The maximum absolute atomic E-state index is 12.7. The number of nitriles is 1. The first-order valence-electron chi connectivity index (χ1n) is 9.93. The van der Waals surface area contributed by atoms with Gasteiger partial charge < -0.3 is 9.84 Å². The predicted molar refractivity (Wildman–Crippen MR) is 117 cm³/mol. The van der Waals surface area contributed by atoms with E-state index in [-0.39, 0.29) is 30.7 Å². The van der Waals surface area contributed by atoms with Crippen molar-refractivity contribution in [1.82, 2.24) is 4.98 Å². The number of rotatable bonds is 8. The maximum atomic E-state index is 12.7. The summed E-state index contributed by atoms with van der Waals surface area (Å²) in [4.78, 5) is 28.7. The lowest BCUT2D eigenvalue weighted by Crippen LogP contribution is -2.10. The van der Waals surface area contributed by atoms with Crippen LogP contribution in [0.4, 0.5) is 0 Å². The molecule has 31 heavy (non-hydrogen) atoms. The number of aromatic nitrogens is 1. The third kappa shape index (κ3) is 5.01. The maximum Gasteiger partial charge on any atom is 0.306 e. The minimum absolute atomic E-state index is 0.0101. The molecule has 0 radical (unpaired) electrons. The van der Waals surface area contributed by atoms with Crippen molar-refractivity contribution in [3.05, 3.63) is 69.9 Å². The summed E-state index contributed by atoms with van der Waals surface area (Å²) < 4.78 is 4.84. The molecule has 0 aliphatic rings. The SMILES string of the molecule is CCOC(=O)CCC(=O)c1nc2c(CCc3ccccc3Cl)cccc2c(C#N)c1O. The summed E-state index contributed by atoms with van der Waals surface area (Å²) in [6, 6.07) is 14.9. The number of carbonyl (C=O) groups excluding carboxylic acids is 2. The average molecular weight is 437 g/mol. The Kier molecular flexibility index (Phi) is 7.22. The van der Waals surface area contributed by atoms with Gasteiger partial charge in [-0.15, -0.1) is 0 Å². The second-order valence-corrected chi connectivity index (χ2v) is 7.34. The van der Waals surface area contributed by atoms with Crippen molar-refractivity contribution in [3.63, 3.8) is 0 Å². The number of esters is 1. The smallest absolute Gasteiger partial charge is 0.306 e. The third-order valence-corrected chi connectivity index (χ3v) is 5.30. The Hall–Kier alpha value is -3.43. The van der Waals surface area contributed by atoms with Crippen LogP contribution in [-0.4, -0.2) is 28.4 Å². The van der Waals surface area contributed by atoms with Gasteiger partial charge in [-0.1, -0.05) is 48.0 Å². The van der Waals surface area contributed by atoms with Gasteiger partial charge in [-0.05, 0) is 37.0 Å². The number of carbonyl (C=O) groups is 2. The zero-order valence-corrected chi connectivity index (χ0v) is 17.8. The van der Waals surface area contributed by atoms with Crippen LogP contribution in [0.25, 0.3) is 10.9 Å². The molecule has 0 amide bonds.